The fourth-order valence-corrected chi connectivity index (χ4v) is 2.66. The Kier molecular flexibility index (Phi) is 5.87. The maximum atomic E-state index is 5.88. The second kappa shape index (κ2) is 7.43. The molecule has 20 heavy (non-hydrogen) atoms. The molecule has 0 unspecified atom stereocenters. The van der Waals surface area contributed by atoms with E-state index in [-0.39, 0.29) is 0 Å². The Bertz CT molecular complexity index is 568. The van der Waals surface area contributed by atoms with Gasteiger partial charge in [-0.3, -0.25) is 0 Å². The van der Waals surface area contributed by atoms with E-state index in [0.717, 1.165) is 40.9 Å². The molecule has 0 spiro atoms. The number of imidazole rings is 1. The number of hydrogen-bond donors (Lipinski definition) is 0. The van der Waals surface area contributed by atoms with Gasteiger partial charge in [0, 0.05) is 29.9 Å². The van der Waals surface area contributed by atoms with Gasteiger partial charge in [0.25, 0.3) is 0 Å². The van der Waals surface area contributed by atoms with Crippen LogP contribution in [0.3, 0.4) is 0 Å². The Balaban J connectivity index is 2.19. The molecule has 2 rings (SSSR count). The summed E-state index contributed by atoms with van der Waals surface area (Å²) in [5.41, 5.74) is 2.14. The van der Waals surface area contributed by atoms with Crippen molar-refractivity contribution >= 4 is 38.6 Å². The molecule has 0 saturated heterocycles. The molecule has 0 aliphatic rings. The van der Waals surface area contributed by atoms with Gasteiger partial charge in [0.2, 0.25) is 0 Å². The summed E-state index contributed by atoms with van der Waals surface area (Å²) in [5, 5.41) is 0. The third kappa shape index (κ3) is 3.96. The van der Waals surface area contributed by atoms with Gasteiger partial charge in [-0.1, -0.05) is 29.8 Å². The van der Waals surface area contributed by atoms with Crippen LogP contribution in [0.1, 0.15) is 19.7 Å². The van der Waals surface area contributed by atoms with Gasteiger partial charge in [-0.25, -0.2) is 4.98 Å². The zero-order chi connectivity index (χ0) is 14.5. The number of nitrogens with zero attached hydrogens (tertiary/aromatic N) is 2. The van der Waals surface area contributed by atoms with Crippen LogP contribution in [0.2, 0.25) is 0 Å². The van der Waals surface area contributed by atoms with Gasteiger partial charge in [-0.05, 0) is 24.1 Å². The van der Waals surface area contributed by atoms with Crippen LogP contribution in [0.4, 0.5) is 0 Å². The molecule has 110 valence electrons. The van der Waals surface area contributed by atoms with E-state index in [2.05, 4.69) is 45.4 Å². The molecule has 0 aliphatic heterocycles. The van der Waals surface area contributed by atoms with E-state index in [9.17, 15) is 0 Å². The lowest BCUT2D eigenvalue weighted by Crippen LogP contribution is -2.12. The van der Waals surface area contributed by atoms with Gasteiger partial charge >= 0.3 is 0 Å². The highest BCUT2D eigenvalue weighted by Crippen LogP contribution is 2.21. The van der Waals surface area contributed by atoms with Crippen molar-refractivity contribution in [2.45, 2.75) is 26.8 Å². The minimum Gasteiger partial charge on any atom is -0.379 e. The van der Waals surface area contributed by atoms with Crippen molar-refractivity contribution in [3.8, 4) is 0 Å². The summed E-state index contributed by atoms with van der Waals surface area (Å²) < 4.78 is 8.96. The monoisotopic (exact) mass is 358 g/mol. The largest absolute Gasteiger partial charge is 0.379 e. The summed E-state index contributed by atoms with van der Waals surface area (Å²) in [7, 11) is 0. The van der Waals surface area contributed by atoms with E-state index in [1.807, 2.05) is 12.1 Å². The number of aryl methyl sites for hydroxylation is 1. The molecule has 3 nitrogen and oxygen atoms in total. The second-order valence-corrected chi connectivity index (χ2v) is 6.51. The van der Waals surface area contributed by atoms with E-state index in [0.29, 0.717) is 18.4 Å². The summed E-state index contributed by atoms with van der Waals surface area (Å²) in [6, 6.07) is 6.14. The van der Waals surface area contributed by atoms with E-state index in [1.54, 1.807) is 0 Å². The van der Waals surface area contributed by atoms with E-state index in [1.165, 1.54) is 0 Å². The number of fused-ring (bicyclic) bond motifs is 1. The topological polar surface area (TPSA) is 27.1 Å². The van der Waals surface area contributed by atoms with Gasteiger partial charge < -0.3 is 9.30 Å². The van der Waals surface area contributed by atoms with Gasteiger partial charge in [0.1, 0.15) is 5.82 Å². The summed E-state index contributed by atoms with van der Waals surface area (Å²) >= 11 is 9.39. The van der Waals surface area contributed by atoms with Crippen molar-refractivity contribution in [2.75, 3.05) is 19.1 Å². The highest BCUT2D eigenvalue weighted by atomic mass is 79.9. The fraction of sp³-hybridized carbons (Fsp3) is 0.533. The lowest BCUT2D eigenvalue weighted by molar-refractivity contribution is 0.103. The normalized spacial score (nSPS) is 11.7. The molecule has 5 heteroatoms. The zero-order valence-corrected chi connectivity index (χ0v) is 14.2. The number of ether oxygens (including phenoxy) is 1. The number of halogens is 2. The molecule has 1 aromatic carbocycles. The molecule has 0 radical (unpaired) electrons. The molecule has 0 saturated carbocycles. The lowest BCUT2D eigenvalue weighted by Gasteiger charge is -2.10. The second-order valence-electron chi connectivity index (χ2n) is 5.22. The van der Waals surface area contributed by atoms with Crippen molar-refractivity contribution < 1.29 is 4.74 Å². The van der Waals surface area contributed by atoms with Crippen LogP contribution >= 0.6 is 27.5 Å². The van der Waals surface area contributed by atoms with Crippen molar-refractivity contribution in [1.82, 2.24) is 9.55 Å². The fourth-order valence-electron chi connectivity index (χ4n) is 2.15. The predicted octanol–water partition coefficient (Wildman–Crippen LogP) is 4.25. The van der Waals surface area contributed by atoms with Crippen LogP contribution in [-0.2, 0) is 17.7 Å². The smallest absolute Gasteiger partial charge is 0.111 e. The Labute approximate surface area is 133 Å². The predicted molar refractivity (Wildman–Crippen MR) is 87.5 cm³/mol. The SMILES string of the molecule is CC(C)COCCn1c(CCCl)nc2ccc(Br)cc21. The standard InChI is InChI=1S/C15H20BrClN2O/c1-11(2)10-20-8-7-19-14-9-12(16)3-4-13(14)18-15(19)5-6-17/h3-4,9,11H,5-8,10H2,1-2H3. The van der Waals surface area contributed by atoms with Crippen molar-refractivity contribution in [2.24, 2.45) is 5.92 Å². The Hall–Kier alpha value is -0.580. The van der Waals surface area contributed by atoms with Crippen LogP contribution in [0, 0.1) is 5.92 Å². The number of aromatic nitrogens is 2. The summed E-state index contributed by atoms with van der Waals surface area (Å²) in [5.74, 6) is 2.17. The first-order valence-corrected chi connectivity index (χ1v) is 8.23. The summed E-state index contributed by atoms with van der Waals surface area (Å²) in [6.07, 6.45) is 0.776. The number of rotatable bonds is 7. The Morgan fingerprint density at radius 1 is 1.40 bits per heavy atom. The van der Waals surface area contributed by atoms with E-state index in [4.69, 9.17) is 16.3 Å². The minimum atomic E-state index is 0.561. The molecule has 0 bridgehead atoms. The summed E-state index contributed by atoms with van der Waals surface area (Å²) in [6.45, 7) is 6.61. The van der Waals surface area contributed by atoms with Gasteiger partial charge in [-0.15, -0.1) is 11.6 Å². The first-order valence-electron chi connectivity index (χ1n) is 6.90. The Morgan fingerprint density at radius 3 is 2.90 bits per heavy atom. The molecule has 1 heterocycles. The molecule has 1 aromatic heterocycles. The maximum absolute atomic E-state index is 5.88. The van der Waals surface area contributed by atoms with Crippen molar-refractivity contribution in [1.29, 1.82) is 0 Å². The van der Waals surface area contributed by atoms with E-state index < -0.39 is 0 Å². The van der Waals surface area contributed by atoms with Crippen molar-refractivity contribution in [3.63, 3.8) is 0 Å². The molecule has 0 N–H and O–H groups in total. The highest BCUT2D eigenvalue weighted by molar-refractivity contribution is 9.10. The third-order valence-corrected chi connectivity index (χ3v) is 3.70. The number of hydrogen-bond acceptors (Lipinski definition) is 2. The first-order chi connectivity index (χ1) is 9.61. The molecule has 0 amide bonds. The van der Waals surface area contributed by atoms with Crippen molar-refractivity contribution in [3.05, 3.63) is 28.5 Å². The Morgan fingerprint density at radius 2 is 2.20 bits per heavy atom. The van der Waals surface area contributed by atoms with Crippen LogP contribution in [0.25, 0.3) is 11.0 Å². The average molecular weight is 360 g/mol. The lowest BCUT2D eigenvalue weighted by atomic mass is 10.2. The van der Waals surface area contributed by atoms with Crippen LogP contribution in [0.15, 0.2) is 22.7 Å². The first kappa shape index (κ1) is 15.8. The molecule has 0 fully saturated rings. The minimum absolute atomic E-state index is 0.561. The van der Waals surface area contributed by atoms with E-state index >= 15 is 0 Å². The van der Waals surface area contributed by atoms with Gasteiger partial charge in [-0.2, -0.15) is 0 Å². The molecule has 0 atom stereocenters. The number of benzene rings is 1. The molecule has 0 aliphatic carbocycles. The third-order valence-electron chi connectivity index (χ3n) is 3.02. The zero-order valence-electron chi connectivity index (χ0n) is 11.9. The van der Waals surface area contributed by atoms with Gasteiger partial charge in [0.15, 0.2) is 0 Å². The quantitative estimate of drug-likeness (QED) is 0.546. The molecular weight excluding hydrogens is 340 g/mol. The summed E-state index contributed by atoms with van der Waals surface area (Å²) in [4.78, 5) is 4.66. The number of alkyl halides is 1. The van der Waals surface area contributed by atoms with Crippen LogP contribution < -0.4 is 0 Å². The average Bonchev–Trinajstić information content (AvgIpc) is 2.72. The molecule has 2 aromatic rings. The molecular formula is C15H20BrClN2O. The van der Waals surface area contributed by atoms with Gasteiger partial charge in [0.05, 0.1) is 17.6 Å². The van der Waals surface area contributed by atoms with Crippen LogP contribution in [-0.4, -0.2) is 28.6 Å². The maximum Gasteiger partial charge on any atom is 0.111 e. The highest BCUT2D eigenvalue weighted by Gasteiger charge is 2.10. The van der Waals surface area contributed by atoms with Crippen LogP contribution in [0.5, 0.6) is 0 Å².